The number of terminal acetylenes is 1. The summed E-state index contributed by atoms with van der Waals surface area (Å²) in [7, 11) is 0. The van der Waals surface area contributed by atoms with Crippen LogP contribution in [-0.2, 0) is 0 Å². The highest BCUT2D eigenvalue weighted by Crippen LogP contribution is 2.33. The molecule has 0 radical (unpaired) electrons. The first-order valence-electron chi connectivity index (χ1n) is 11.4. The molecule has 170 valence electrons. The van der Waals surface area contributed by atoms with Crippen molar-refractivity contribution < 1.29 is 9.13 Å². The second-order valence-electron chi connectivity index (χ2n) is 8.55. The molecule has 2 N–H and O–H groups in total. The van der Waals surface area contributed by atoms with Gasteiger partial charge in [0.25, 0.3) is 0 Å². The minimum atomic E-state index is -0.404. The Kier molecular flexibility index (Phi) is 6.11. The lowest BCUT2D eigenvalue weighted by Gasteiger charge is -2.47. The second-order valence-corrected chi connectivity index (χ2v) is 8.55. The number of ether oxygens (including phenoxy) is 1. The standard InChI is InChI=1S/C23H16FN3O.C5H9N/c1-3-22-26-19-10-6-4-8-17(19)23(27-22)25-16-12-13-20(15(2)14-16)28-21-11-7-5-9-18(21)24;1-2-5-4(1)3-6-5/h1,4-14H,2H3,(H,25,26,27);4-6H,1-3H2. The lowest BCUT2D eigenvalue weighted by molar-refractivity contribution is 0.111. The van der Waals surface area contributed by atoms with Crippen LogP contribution >= 0.6 is 0 Å². The molecule has 3 aromatic carbocycles. The summed E-state index contributed by atoms with van der Waals surface area (Å²) in [5.74, 6) is 4.88. The Bertz CT molecular complexity index is 1360. The maximum atomic E-state index is 13.8. The molecule has 6 rings (SSSR count). The third-order valence-corrected chi connectivity index (χ3v) is 6.29. The van der Waals surface area contributed by atoms with E-state index >= 15 is 0 Å². The van der Waals surface area contributed by atoms with Crippen LogP contribution in [0.5, 0.6) is 11.5 Å². The fourth-order valence-electron chi connectivity index (χ4n) is 4.09. The van der Waals surface area contributed by atoms with Crippen LogP contribution in [0, 0.1) is 31.0 Å². The highest BCUT2D eigenvalue weighted by atomic mass is 19.1. The van der Waals surface area contributed by atoms with Gasteiger partial charge in [-0.3, -0.25) is 0 Å². The predicted octanol–water partition coefficient (Wildman–Crippen LogP) is 5.96. The van der Waals surface area contributed by atoms with Crippen molar-refractivity contribution in [3.8, 4) is 23.8 Å². The van der Waals surface area contributed by atoms with Gasteiger partial charge in [-0.2, -0.15) is 0 Å². The van der Waals surface area contributed by atoms with Gasteiger partial charge in [0.2, 0.25) is 5.82 Å². The van der Waals surface area contributed by atoms with E-state index in [0.717, 1.165) is 34.1 Å². The Hall–Kier alpha value is -3.95. The van der Waals surface area contributed by atoms with E-state index in [1.165, 1.54) is 25.5 Å². The van der Waals surface area contributed by atoms with E-state index in [0.29, 0.717) is 17.4 Å². The SMILES string of the molecule is C#Cc1nc(Nc2ccc(Oc3ccccc3F)c(C)c2)c2ccccc2n1.C1CC2NCC12. The Morgan fingerprint density at radius 3 is 2.47 bits per heavy atom. The van der Waals surface area contributed by atoms with Crippen molar-refractivity contribution in [2.45, 2.75) is 25.8 Å². The number of aryl methyl sites for hydroxylation is 1. The van der Waals surface area contributed by atoms with E-state index in [-0.39, 0.29) is 5.75 Å². The molecule has 0 amide bonds. The molecule has 1 aromatic heterocycles. The van der Waals surface area contributed by atoms with Gasteiger partial charge in [0.15, 0.2) is 11.6 Å². The normalized spacial score (nSPS) is 17.8. The number of nitrogens with one attached hydrogen (secondary N) is 2. The average Bonchev–Trinajstić information content (AvgIpc) is 2.84. The van der Waals surface area contributed by atoms with Crippen molar-refractivity contribution >= 4 is 22.4 Å². The zero-order valence-electron chi connectivity index (χ0n) is 18.9. The molecule has 1 aliphatic carbocycles. The number of para-hydroxylation sites is 2. The van der Waals surface area contributed by atoms with E-state index in [2.05, 4.69) is 26.5 Å². The molecule has 1 saturated carbocycles. The Morgan fingerprint density at radius 1 is 1.03 bits per heavy atom. The number of anilines is 2. The molecule has 34 heavy (non-hydrogen) atoms. The summed E-state index contributed by atoms with van der Waals surface area (Å²) in [6.45, 7) is 3.21. The van der Waals surface area contributed by atoms with E-state index in [4.69, 9.17) is 11.2 Å². The summed E-state index contributed by atoms with van der Waals surface area (Å²) < 4.78 is 19.5. The zero-order chi connectivity index (χ0) is 23.5. The lowest BCUT2D eigenvalue weighted by Crippen LogP contribution is -2.59. The van der Waals surface area contributed by atoms with Crippen LogP contribution in [0.4, 0.5) is 15.9 Å². The van der Waals surface area contributed by atoms with Gasteiger partial charge in [-0.15, -0.1) is 6.42 Å². The number of nitrogens with zero attached hydrogens (tertiary/aromatic N) is 2. The zero-order valence-corrected chi connectivity index (χ0v) is 18.9. The van der Waals surface area contributed by atoms with Gasteiger partial charge in [-0.25, -0.2) is 14.4 Å². The molecule has 2 aliphatic rings. The van der Waals surface area contributed by atoms with Crippen molar-refractivity contribution in [1.82, 2.24) is 15.3 Å². The minimum Gasteiger partial charge on any atom is -0.454 e. The van der Waals surface area contributed by atoms with Gasteiger partial charge in [0.1, 0.15) is 11.6 Å². The molecule has 2 atom stereocenters. The van der Waals surface area contributed by atoms with Gasteiger partial charge in [0, 0.05) is 17.1 Å². The predicted molar refractivity (Wildman–Crippen MR) is 133 cm³/mol. The molecule has 0 spiro atoms. The van der Waals surface area contributed by atoms with Crippen LogP contribution in [0.15, 0.2) is 66.7 Å². The molecule has 1 saturated heterocycles. The van der Waals surface area contributed by atoms with Gasteiger partial charge in [0.05, 0.1) is 5.52 Å². The number of rotatable bonds is 4. The van der Waals surface area contributed by atoms with Gasteiger partial charge in [-0.05, 0) is 86.2 Å². The highest BCUT2D eigenvalue weighted by Gasteiger charge is 2.37. The molecule has 0 bridgehead atoms. The molecular formula is C28H25FN4O. The van der Waals surface area contributed by atoms with Crippen LogP contribution in [0.1, 0.15) is 24.2 Å². The minimum absolute atomic E-state index is 0.187. The summed E-state index contributed by atoms with van der Waals surface area (Å²) in [6, 6.07) is 20.4. The van der Waals surface area contributed by atoms with Crippen LogP contribution in [0.25, 0.3) is 10.9 Å². The third-order valence-electron chi connectivity index (χ3n) is 6.29. The van der Waals surface area contributed by atoms with Crippen molar-refractivity contribution in [3.63, 3.8) is 0 Å². The van der Waals surface area contributed by atoms with Crippen molar-refractivity contribution in [3.05, 3.63) is 83.9 Å². The van der Waals surface area contributed by atoms with Gasteiger partial charge >= 0.3 is 0 Å². The summed E-state index contributed by atoms with van der Waals surface area (Å²) in [4.78, 5) is 8.75. The number of aromatic nitrogens is 2. The first-order chi connectivity index (χ1) is 16.6. The molecule has 5 nitrogen and oxygen atoms in total. The Balaban J connectivity index is 0.000000343. The molecule has 2 fully saturated rings. The number of hydrogen-bond donors (Lipinski definition) is 2. The molecule has 6 heteroatoms. The smallest absolute Gasteiger partial charge is 0.207 e. The number of benzene rings is 3. The quantitative estimate of drug-likeness (QED) is 0.374. The average molecular weight is 453 g/mol. The number of fused-ring (bicyclic) bond motifs is 2. The maximum absolute atomic E-state index is 13.8. The van der Waals surface area contributed by atoms with Crippen LogP contribution in [0.2, 0.25) is 0 Å². The topological polar surface area (TPSA) is 59.1 Å². The first kappa shape index (κ1) is 21.9. The van der Waals surface area contributed by atoms with Crippen LogP contribution < -0.4 is 15.4 Å². The first-order valence-corrected chi connectivity index (χ1v) is 11.4. The molecule has 2 unspecified atom stereocenters. The van der Waals surface area contributed by atoms with Crippen molar-refractivity contribution in [2.24, 2.45) is 5.92 Å². The fraction of sp³-hybridized carbons (Fsp3) is 0.214. The molecule has 1 aliphatic heterocycles. The van der Waals surface area contributed by atoms with Crippen LogP contribution in [-0.4, -0.2) is 22.6 Å². The van der Waals surface area contributed by atoms with Crippen molar-refractivity contribution in [2.75, 3.05) is 11.9 Å². The monoisotopic (exact) mass is 452 g/mol. The van der Waals surface area contributed by atoms with E-state index in [1.54, 1.807) is 24.3 Å². The number of halogens is 1. The molecule has 4 aromatic rings. The fourth-order valence-corrected chi connectivity index (χ4v) is 4.09. The Labute approximate surface area is 198 Å². The second kappa shape index (κ2) is 9.50. The van der Waals surface area contributed by atoms with E-state index < -0.39 is 5.82 Å². The maximum Gasteiger partial charge on any atom is 0.207 e. The summed E-state index contributed by atoms with van der Waals surface area (Å²) in [6.07, 6.45) is 8.43. The molecule has 2 heterocycles. The lowest BCUT2D eigenvalue weighted by atomic mass is 9.74. The summed E-state index contributed by atoms with van der Waals surface area (Å²) in [5.41, 5.74) is 2.43. The van der Waals surface area contributed by atoms with Crippen LogP contribution in [0.3, 0.4) is 0 Å². The summed E-state index contributed by atoms with van der Waals surface area (Å²) in [5, 5.41) is 7.50. The number of hydrogen-bond acceptors (Lipinski definition) is 5. The third kappa shape index (κ3) is 4.57. The van der Waals surface area contributed by atoms with Crippen molar-refractivity contribution in [1.29, 1.82) is 0 Å². The van der Waals surface area contributed by atoms with Gasteiger partial charge in [-0.1, -0.05) is 24.3 Å². The summed E-state index contributed by atoms with van der Waals surface area (Å²) >= 11 is 0. The van der Waals surface area contributed by atoms with E-state index in [1.807, 2.05) is 43.3 Å². The van der Waals surface area contributed by atoms with E-state index in [9.17, 15) is 4.39 Å². The number of piperidine rings is 1. The highest BCUT2D eigenvalue weighted by molar-refractivity contribution is 5.91. The largest absolute Gasteiger partial charge is 0.454 e. The van der Waals surface area contributed by atoms with Gasteiger partial charge < -0.3 is 15.4 Å². The molecular weight excluding hydrogens is 427 g/mol. The Morgan fingerprint density at radius 2 is 1.82 bits per heavy atom.